The summed E-state index contributed by atoms with van der Waals surface area (Å²) in [5.41, 5.74) is 3.80. The van der Waals surface area contributed by atoms with Crippen molar-refractivity contribution in [3.63, 3.8) is 0 Å². The van der Waals surface area contributed by atoms with E-state index in [0.717, 1.165) is 19.6 Å². The first kappa shape index (κ1) is 14.3. The standard InChI is InChI=1S/C16H25N5/c1-4-20-14(7-8-18-20)10-17-11-15-9-16(13-5-6-13)19-21(15)12(2)3/h7-9,12-13,17H,4-6,10-11H2,1-3H3. The van der Waals surface area contributed by atoms with Crippen LogP contribution in [0.2, 0.25) is 0 Å². The van der Waals surface area contributed by atoms with E-state index in [1.807, 2.05) is 10.9 Å². The molecule has 0 aliphatic heterocycles. The van der Waals surface area contributed by atoms with Crippen molar-refractivity contribution in [1.82, 2.24) is 24.9 Å². The normalized spacial score (nSPS) is 15.0. The molecule has 0 bridgehead atoms. The summed E-state index contributed by atoms with van der Waals surface area (Å²) < 4.78 is 4.19. The van der Waals surface area contributed by atoms with Gasteiger partial charge in [-0.2, -0.15) is 10.2 Å². The molecule has 0 atom stereocenters. The number of rotatable bonds is 7. The Morgan fingerprint density at radius 1 is 1.29 bits per heavy atom. The second kappa shape index (κ2) is 6.02. The molecule has 5 nitrogen and oxygen atoms in total. The molecule has 0 aromatic carbocycles. The molecule has 1 aliphatic carbocycles. The molecule has 0 radical (unpaired) electrons. The Labute approximate surface area is 126 Å². The molecule has 0 spiro atoms. The lowest BCUT2D eigenvalue weighted by Gasteiger charge is -2.12. The summed E-state index contributed by atoms with van der Waals surface area (Å²) in [6.07, 6.45) is 4.47. The van der Waals surface area contributed by atoms with E-state index in [1.165, 1.54) is 29.9 Å². The van der Waals surface area contributed by atoms with Crippen molar-refractivity contribution in [2.24, 2.45) is 0 Å². The van der Waals surface area contributed by atoms with Crippen molar-refractivity contribution in [2.75, 3.05) is 0 Å². The van der Waals surface area contributed by atoms with Gasteiger partial charge in [-0.1, -0.05) is 0 Å². The van der Waals surface area contributed by atoms with E-state index in [4.69, 9.17) is 5.10 Å². The van der Waals surface area contributed by atoms with E-state index in [9.17, 15) is 0 Å². The third-order valence-electron chi connectivity index (χ3n) is 4.03. The van der Waals surface area contributed by atoms with Crippen LogP contribution in [0, 0.1) is 0 Å². The topological polar surface area (TPSA) is 47.7 Å². The lowest BCUT2D eigenvalue weighted by atomic mass is 10.2. The number of nitrogens with one attached hydrogen (secondary N) is 1. The van der Waals surface area contributed by atoms with Gasteiger partial charge in [0.05, 0.1) is 17.1 Å². The highest BCUT2D eigenvalue weighted by molar-refractivity contribution is 5.19. The summed E-state index contributed by atoms with van der Waals surface area (Å²) in [4.78, 5) is 0. The minimum absolute atomic E-state index is 0.412. The highest BCUT2D eigenvalue weighted by atomic mass is 15.3. The molecular weight excluding hydrogens is 262 g/mol. The van der Waals surface area contributed by atoms with Gasteiger partial charge in [0.15, 0.2) is 0 Å². The fourth-order valence-corrected chi connectivity index (χ4v) is 2.73. The first-order valence-corrected chi connectivity index (χ1v) is 7.98. The van der Waals surface area contributed by atoms with Gasteiger partial charge in [0.2, 0.25) is 0 Å². The average Bonchev–Trinajstić information content (AvgIpc) is 3.07. The first-order valence-electron chi connectivity index (χ1n) is 7.98. The Hall–Kier alpha value is -1.62. The van der Waals surface area contributed by atoms with Crippen molar-refractivity contribution in [3.8, 4) is 0 Å². The van der Waals surface area contributed by atoms with Crippen molar-refractivity contribution < 1.29 is 0 Å². The van der Waals surface area contributed by atoms with Crippen LogP contribution in [0.5, 0.6) is 0 Å². The van der Waals surface area contributed by atoms with Gasteiger partial charge in [0.1, 0.15) is 0 Å². The second-order valence-corrected chi connectivity index (χ2v) is 6.11. The van der Waals surface area contributed by atoms with Crippen LogP contribution in [0.15, 0.2) is 18.3 Å². The summed E-state index contributed by atoms with van der Waals surface area (Å²) in [7, 11) is 0. The zero-order valence-electron chi connectivity index (χ0n) is 13.2. The Morgan fingerprint density at radius 3 is 2.71 bits per heavy atom. The van der Waals surface area contributed by atoms with Crippen LogP contribution in [-0.4, -0.2) is 19.6 Å². The monoisotopic (exact) mass is 287 g/mol. The molecule has 5 heteroatoms. The molecule has 0 amide bonds. The third-order valence-corrected chi connectivity index (χ3v) is 4.03. The molecule has 1 saturated carbocycles. The Kier molecular flexibility index (Phi) is 4.10. The minimum Gasteiger partial charge on any atom is -0.306 e. The molecule has 3 rings (SSSR count). The molecule has 114 valence electrons. The van der Waals surface area contributed by atoms with Crippen LogP contribution in [0.25, 0.3) is 0 Å². The molecule has 1 aliphatic rings. The fraction of sp³-hybridized carbons (Fsp3) is 0.625. The van der Waals surface area contributed by atoms with Crippen molar-refractivity contribution in [2.45, 2.75) is 65.2 Å². The molecule has 1 N–H and O–H groups in total. The molecule has 21 heavy (non-hydrogen) atoms. The zero-order valence-corrected chi connectivity index (χ0v) is 13.2. The highest BCUT2D eigenvalue weighted by Crippen LogP contribution is 2.39. The van der Waals surface area contributed by atoms with Crippen LogP contribution in [0.4, 0.5) is 0 Å². The molecular formula is C16H25N5. The lowest BCUT2D eigenvalue weighted by Crippen LogP contribution is -2.19. The van der Waals surface area contributed by atoms with Crippen molar-refractivity contribution >= 4 is 0 Å². The van der Waals surface area contributed by atoms with Gasteiger partial charge in [0, 0.05) is 37.8 Å². The Morgan fingerprint density at radius 2 is 2.05 bits per heavy atom. The van der Waals surface area contributed by atoms with Gasteiger partial charge in [0.25, 0.3) is 0 Å². The largest absolute Gasteiger partial charge is 0.306 e. The van der Waals surface area contributed by atoms with E-state index in [1.54, 1.807) is 0 Å². The van der Waals surface area contributed by atoms with E-state index in [0.29, 0.717) is 12.0 Å². The van der Waals surface area contributed by atoms with E-state index >= 15 is 0 Å². The third kappa shape index (κ3) is 3.18. The Balaban J connectivity index is 1.64. The maximum absolute atomic E-state index is 4.78. The van der Waals surface area contributed by atoms with Gasteiger partial charge < -0.3 is 5.32 Å². The van der Waals surface area contributed by atoms with E-state index in [2.05, 4.69) is 48.0 Å². The van der Waals surface area contributed by atoms with Crippen molar-refractivity contribution in [3.05, 3.63) is 35.4 Å². The minimum atomic E-state index is 0.412. The fourth-order valence-electron chi connectivity index (χ4n) is 2.73. The number of aryl methyl sites for hydroxylation is 1. The van der Waals surface area contributed by atoms with Crippen LogP contribution < -0.4 is 5.32 Å². The molecule has 2 aromatic heterocycles. The van der Waals surface area contributed by atoms with E-state index < -0.39 is 0 Å². The van der Waals surface area contributed by atoms with Crippen LogP contribution in [0.1, 0.15) is 62.7 Å². The quantitative estimate of drug-likeness (QED) is 0.852. The molecule has 1 fully saturated rings. The number of aromatic nitrogens is 4. The predicted molar refractivity (Wildman–Crippen MR) is 83.0 cm³/mol. The number of hydrogen-bond donors (Lipinski definition) is 1. The Bertz CT molecular complexity index is 592. The first-order chi connectivity index (χ1) is 10.2. The van der Waals surface area contributed by atoms with Gasteiger partial charge in [-0.25, -0.2) is 0 Å². The molecule has 0 saturated heterocycles. The summed E-state index contributed by atoms with van der Waals surface area (Å²) in [5.74, 6) is 0.713. The predicted octanol–water partition coefficient (Wildman–Crippen LogP) is 2.85. The summed E-state index contributed by atoms with van der Waals surface area (Å²) in [6.45, 7) is 9.12. The van der Waals surface area contributed by atoms with Gasteiger partial charge in [-0.15, -0.1) is 0 Å². The highest BCUT2D eigenvalue weighted by Gasteiger charge is 2.27. The molecule has 2 aromatic rings. The van der Waals surface area contributed by atoms with Crippen molar-refractivity contribution in [1.29, 1.82) is 0 Å². The number of hydrogen-bond acceptors (Lipinski definition) is 3. The van der Waals surface area contributed by atoms with E-state index in [-0.39, 0.29) is 0 Å². The maximum atomic E-state index is 4.78. The van der Waals surface area contributed by atoms with Gasteiger partial charge >= 0.3 is 0 Å². The zero-order chi connectivity index (χ0) is 14.8. The van der Waals surface area contributed by atoms with Crippen LogP contribution in [0.3, 0.4) is 0 Å². The summed E-state index contributed by atoms with van der Waals surface area (Å²) >= 11 is 0. The van der Waals surface area contributed by atoms with Crippen LogP contribution >= 0.6 is 0 Å². The summed E-state index contributed by atoms with van der Waals surface area (Å²) in [6, 6.07) is 4.77. The average molecular weight is 287 g/mol. The number of nitrogens with zero attached hydrogens (tertiary/aromatic N) is 4. The lowest BCUT2D eigenvalue weighted by molar-refractivity contribution is 0.487. The summed E-state index contributed by atoms with van der Waals surface area (Å²) in [5, 5.41) is 12.6. The van der Waals surface area contributed by atoms with Gasteiger partial charge in [-0.05, 0) is 45.7 Å². The molecule has 2 heterocycles. The smallest absolute Gasteiger partial charge is 0.0659 e. The van der Waals surface area contributed by atoms with Gasteiger partial charge in [-0.3, -0.25) is 9.36 Å². The molecule has 0 unspecified atom stereocenters. The van der Waals surface area contributed by atoms with Crippen LogP contribution in [-0.2, 0) is 19.6 Å². The maximum Gasteiger partial charge on any atom is 0.0659 e. The second-order valence-electron chi connectivity index (χ2n) is 6.11. The SMILES string of the molecule is CCn1nccc1CNCc1cc(C2CC2)nn1C(C)C.